The van der Waals surface area contributed by atoms with Gasteiger partial charge in [0.05, 0.1) is 0 Å². The molecular formula is C74H118O6. The molecule has 0 fully saturated rings. The standard InChI is InChI=1S/C74H118O6/c1-4-7-10-13-16-19-22-25-27-29-30-31-32-33-34-35-36-37-38-39-40-41-42-43-44-46-47-49-52-55-58-61-64-67-73(76)79-70-71(69-78-72(75)66-63-60-57-54-51-24-21-18-15-12-9-6-3)80-74(77)68-65-62-59-56-53-50-48-45-28-26-23-20-17-14-11-8-5-2/h7-8,10-11,16-17,19-20,25-28,30-31,33-34,36-37,39-40,42-43,46-48,50,71H,4-6,9,12-15,18,21-24,29,32,35,38,41,44-45,49,51-70H2,1-3H3/b10-7-,11-8-,19-16-,20-17-,27-25-,28-26-,31-30-,34-33-,37-36-,40-39-,43-42-,47-46-,50-48-. The normalized spacial score (nSPS) is 13.2. The zero-order chi connectivity index (χ0) is 57.8. The lowest BCUT2D eigenvalue weighted by Gasteiger charge is -2.18. The lowest BCUT2D eigenvalue weighted by Crippen LogP contribution is -2.30. The minimum Gasteiger partial charge on any atom is -0.462 e. The van der Waals surface area contributed by atoms with Gasteiger partial charge in [0.1, 0.15) is 13.2 Å². The Balaban J connectivity index is 4.35. The number of unbranched alkanes of at least 4 members (excludes halogenated alkanes) is 20. The Labute approximate surface area is 492 Å². The molecule has 0 N–H and O–H groups in total. The van der Waals surface area contributed by atoms with Gasteiger partial charge in [-0.2, -0.15) is 0 Å². The van der Waals surface area contributed by atoms with Crippen LogP contribution in [0.4, 0.5) is 0 Å². The topological polar surface area (TPSA) is 78.9 Å². The van der Waals surface area contributed by atoms with Gasteiger partial charge >= 0.3 is 17.9 Å². The maximum Gasteiger partial charge on any atom is 0.306 e. The van der Waals surface area contributed by atoms with E-state index in [9.17, 15) is 14.4 Å². The third-order valence-corrected chi connectivity index (χ3v) is 13.3. The smallest absolute Gasteiger partial charge is 0.306 e. The molecular weight excluding hydrogens is 985 g/mol. The fraction of sp³-hybridized carbons (Fsp3) is 0.608. The van der Waals surface area contributed by atoms with Gasteiger partial charge in [-0.25, -0.2) is 0 Å². The lowest BCUT2D eigenvalue weighted by atomic mass is 10.0. The highest BCUT2D eigenvalue weighted by Crippen LogP contribution is 2.15. The fourth-order valence-corrected chi connectivity index (χ4v) is 8.48. The van der Waals surface area contributed by atoms with Gasteiger partial charge in [0.15, 0.2) is 6.10 Å². The lowest BCUT2D eigenvalue weighted by molar-refractivity contribution is -0.167. The van der Waals surface area contributed by atoms with Crippen molar-refractivity contribution in [1.82, 2.24) is 0 Å². The van der Waals surface area contributed by atoms with Crippen molar-refractivity contribution < 1.29 is 28.6 Å². The molecule has 0 aliphatic rings. The van der Waals surface area contributed by atoms with E-state index in [4.69, 9.17) is 14.2 Å². The molecule has 0 bridgehead atoms. The largest absolute Gasteiger partial charge is 0.462 e. The van der Waals surface area contributed by atoms with E-state index < -0.39 is 6.10 Å². The second-order valence-corrected chi connectivity index (χ2v) is 20.9. The van der Waals surface area contributed by atoms with Gasteiger partial charge in [-0.3, -0.25) is 14.4 Å². The minimum atomic E-state index is -0.805. The Hall–Kier alpha value is -4.97. The van der Waals surface area contributed by atoms with Crippen LogP contribution in [-0.2, 0) is 28.6 Å². The van der Waals surface area contributed by atoms with Crippen molar-refractivity contribution >= 4 is 17.9 Å². The number of rotatable bonds is 57. The van der Waals surface area contributed by atoms with E-state index in [2.05, 4.69) is 179 Å². The van der Waals surface area contributed by atoms with E-state index in [1.54, 1.807) is 0 Å². The highest BCUT2D eigenvalue weighted by atomic mass is 16.6. The van der Waals surface area contributed by atoms with Gasteiger partial charge in [0.25, 0.3) is 0 Å². The number of carbonyl (C=O) groups is 3. The third kappa shape index (κ3) is 63.9. The van der Waals surface area contributed by atoms with Gasteiger partial charge in [0.2, 0.25) is 0 Å². The Morgan fingerprint density at radius 1 is 0.263 bits per heavy atom. The van der Waals surface area contributed by atoms with Gasteiger partial charge in [0, 0.05) is 19.3 Å². The Kier molecular flexibility index (Phi) is 62.4. The van der Waals surface area contributed by atoms with Crippen molar-refractivity contribution in [2.75, 3.05) is 13.2 Å². The van der Waals surface area contributed by atoms with Gasteiger partial charge < -0.3 is 14.2 Å². The van der Waals surface area contributed by atoms with E-state index in [1.807, 2.05) is 0 Å². The minimum absolute atomic E-state index is 0.0978. The number of carbonyl (C=O) groups excluding carboxylic acids is 3. The monoisotopic (exact) mass is 1100 g/mol. The second kappa shape index (κ2) is 66.5. The molecule has 0 rings (SSSR count). The summed E-state index contributed by atoms with van der Waals surface area (Å²) in [5, 5.41) is 0. The zero-order valence-electron chi connectivity index (χ0n) is 51.5. The molecule has 6 nitrogen and oxygen atoms in total. The van der Waals surface area contributed by atoms with Crippen molar-refractivity contribution in [2.24, 2.45) is 0 Å². The molecule has 0 aliphatic carbocycles. The Morgan fingerprint density at radius 2 is 0.487 bits per heavy atom. The van der Waals surface area contributed by atoms with Crippen molar-refractivity contribution in [2.45, 2.75) is 277 Å². The summed E-state index contributed by atoms with van der Waals surface area (Å²) < 4.78 is 16.9. The Bertz CT molecular complexity index is 1790. The summed E-state index contributed by atoms with van der Waals surface area (Å²) in [4.78, 5) is 38.3. The maximum atomic E-state index is 12.9. The molecule has 6 heteroatoms. The molecule has 0 aromatic rings. The molecule has 1 unspecified atom stereocenters. The first kappa shape index (κ1) is 75.0. The van der Waals surface area contributed by atoms with E-state index in [1.165, 1.54) is 57.8 Å². The fourth-order valence-electron chi connectivity index (χ4n) is 8.48. The van der Waals surface area contributed by atoms with Gasteiger partial charge in [-0.15, -0.1) is 0 Å². The van der Waals surface area contributed by atoms with Crippen LogP contribution in [0.5, 0.6) is 0 Å². The molecule has 0 heterocycles. The SMILES string of the molecule is CC/C=C\C/C=C\C/C=C\C/C=C\C/C=C\C/C=C\C/C=C\C/C=C\C/C=C\CCCCCCCC(=O)OCC(COC(=O)CCCCCCCCCCCCCC)OC(=O)CCCCCC/C=C\C/C=C\C/C=C\C/C=C\CC. The van der Waals surface area contributed by atoms with Crippen LogP contribution in [0.3, 0.4) is 0 Å². The quantitative estimate of drug-likeness (QED) is 0.0261. The van der Waals surface area contributed by atoms with E-state index >= 15 is 0 Å². The molecule has 0 aromatic carbocycles. The average molecular weight is 1100 g/mol. The van der Waals surface area contributed by atoms with Crippen molar-refractivity contribution in [1.29, 1.82) is 0 Å². The molecule has 1 atom stereocenters. The maximum absolute atomic E-state index is 12.9. The summed E-state index contributed by atoms with van der Waals surface area (Å²) in [6.45, 7) is 6.37. The number of ether oxygens (including phenoxy) is 3. The van der Waals surface area contributed by atoms with Gasteiger partial charge in [-0.1, -0.05) is 281 Å². The zero-order valence-corrected chi connectivity index (χ0v) is 51.5. The number of allylic oxidation sites excluding steroid dienone is 26. The molecule has 0 spiro atoms. The van der Waals surface area contributed by atoms with E-state index in [-0.39, 0.29) is 31.1 Å². The third-order valence-electron chi connectivity index (χ3n) is 13.3. The molecule has 0 radical (unpaired) electrons. The summed E-state index contributed by atoms with van der Waals surface area (Å²) in [7, 11) is 0. The van der Waals surface area contributed by atoms with E-state index in [0.29, 0.717) is 19.3 Å². The highest BCUT2D eigenvalue weighted by Gasteiger charge is 2.19. The van der Waals surface area contributed by atoms with Crippen molar-refractivity contribution in [3.8, 4) is 0 Å². The molecule has 0 amide bonds. The average Bonchev–Trinajstić information content (AvgIpc) is 3.46. The van der Waals surface area contributed by atoms with Crippen LogP contribution in [0.25, 0.3) is 0 Å². The van der Waals surface area contributed by atoms with Crippen molar-refractivity contribution in [3.05, 3.63) is 158 Å². The molecule has 0 saturated heterocycles. The number of hydrogen-bond acceptors (Lipinski definition) is 6. The summed E-state index contributed by atoms with van der Waals surface area (Å²) in [5.74, 6) is -0.944. The van der Waals surface area contributed by atoms with Gasteiger partial charge in [-0.05, 0) is 128 Å². The molecule has 0 saturated carbocycles. The summed E-state index contributed by atoms with van der Waals surface area (Å²) in [6, 6.07) is 0. The summed E-state index contributed by atoms with van der Waals surface area (Å²) in [5.41, 5.74) is 0. The molecule has 0 aliphatic heterocycles. The first-order valence-corrected chi connectivity index (χ1v) is 32.5. The van der Waals surface area contributed by atoms with E-state index in [0.717, 1.165) is 173 Å². The second-order valence-electron chi connectivity index (χ2n) is 20.9. The van der Waals surface area contributed by atoms with Crippen LogP contribution >= 0.6 is 0 Å². The van der Waals surface area contributed by atoms with Crippen LogP contribution in [0.15, 0.2) is 158 Å². The van der Waals surface area contributed by atoms with Crippen LogP contribution < -0.4 is 0 Å². The first-order valence-electron chi connectivity index (χ1n) is 32.5. The predicted molar refractivity (Wildman–Crippen MR) is 348 cm³/mol. The van der Waals surface area contributed by atoms with Crippen LogP contribution in [0.1, 0.15) is 271 Å². The molecule has 0 aromatic heterocycles. The molecule has 450 valence electrons. The molecule has 80 heavy (non-hydrogen) atoms. The Morgan fingerprint density at radius 3 is 0.762 bits per heavy atom. The summed E-state index contributed by atoms with van der Waals surface area (Å²) in [6.07, 6.45) is 96.8. The first-order chi connectivity index (χ1) is 39.5. The number of hydrogen-bond donors (Lipinski definition) is 0. The summed E-state index contributed by atoms with van der Waals surface area (Å²) >= 11 is 0. The highest BCUT2D eigenvalue weighted by molar-refractivity contribution is 5.71. The van der Waals surface area contributed by atoms with Crippen molar-refractivity contribution in [3.63, 3.8) is 0 Å². The van der Waals surface area contributed by atoms with Crippen LogP contribution in [-0.4, -0.2) is 37.2 Å². The number of esters is 3. The van der Waals surface area contributed by atoms with Crippen LogP contribution in [0.2, 0.25) is 0 Å². The predicted octanol–water partition coefficient (Wildman–Crippen LogP) is 22.5. The van der Waals surface area contributed by atoms with Crippen LogP contribution in [0, 0.1) is 0 Å².